The molecule has 7 nitrogen and oxygen atoms in total. The van der Waals surface area contributed by atoms with Gasteiger partial charge in [0.25, 0.3) is 0 Å². The van der Waals surface area contributed by atoms with Crippen molar-refractivity contribution in [1.82, 2.24) is 4.98 Å². The quantitative estimate of drug-likeness (QED) is 0.405. The van der Waals surface area contributed by atoms with Crippen LogP contribution in [-0.2, 0) is 4.74 Å². The van der Waals surface area contributed by atoms with Crippen molar-refractivity contribution in [1.29, 1.82) is 0 Å². The summed E-state index contributed by atoms with van der Waals surface area (Å²) in [5.41, 5.74) is 1.34. The van der Waals surface area contributed by atoms with Crippen molar-refractivity contribution in [3.63, 3.8) is 0 Å². The van der Waals surface area contributed by atoms with Crippen LogP contribution in [0.3, 0.4) is 0 Å². The first-order valence-electron chi connectivity index (χ1n) is 7.33. The van der Waals surface area contributed by atoms with E-state index >= 15 is 0 Å². The molecule has 0 atom stereocenters. The van der Waals surface area contributed by atoms with E-state index in [2.05, 4.69) is 15.0 Å². The van der Waals surface area contributed by atoms with Crippen LogP contribution in [0.5, 0.6) is 0 Å². The molecule has 3 aromatic rings. The number of nitrogens with one attached hydrogen (secondary N) is 1. The number of hydrogen-bond acceptors (Lipinski definition) is 7. The molecule has 26 heavy (non-hydrogen) atoms. The molecule has 2 aromatic carbocycles. The van der Waals surface area contributed by atoms with Crippen LogP contribution in [0.25, 0.3) is 11.3 Å². The van der Waals surface area contributed by atoms with Crippen LogP contribution in [0, 0.1) is 15.9 Å². The number of ether oxygens (including phenoxy) is 1. The number of anilines is 2. The molecule has 0 bridgehead atoms. The van der Waals surface area contributed by atoms with Crippen LogP contribution >= 0.6 is 11.3 Å². The lowest BCUT2D eigenvalue weighted by Crippen LogP contribution is -2.01. The fourth-order valence-electron chi connectivity index (χ4n) is 2.24. The average molecular weight is 373 g/mol. The molecule has 0 saturated carbocycles. The summed E-state index contributed by atoms with van der Waals surface area (Å²) in [6.45, 7) is 0. The number of benzene rings is 2. The van der Waals surface area contributed by atoms with Crippen LogP contribution in [0.2, 0.25) is 0 Å². The van der Waals surface area contributed by atoms with Gasteiger partial charge in [-0.25, -0.2) is 9.78 Å². The molecule has 1 heterocycles. The van der Waals surface area contributed by atoms with E-state index in [0.717, 1.165) is 12.1 Å². The highest BCUT2D eigenvalue weighted by molar-refractivity contribution is 7.14. The largest absolute Gasteiger partial charge is 0.465 e. The topological polar surface area (TPSA) is 94.4 Å². The number of hydrogen-bond donors (Lipinski definition) is 1. The van der Waals surface area contributed by atoms with E-state index in [1.165, 1.54) is 24.5 Å². The molecule has 0 saturated heterocycles. The Bertz CT molecular complexity index is 990. The van der Waals surface area contributed by atoms with Gasteiger partial charge in [-0.1, -0.05) is 6.07 Å². The van der Waals surface area contributed by atoms with E-state index in [4.69, 9.17) is 0 Å². The summed E-state index contributed by atoms with van der Waals surface area (Å²) in [4.78, 5) is 26.0. The first-order valence-corrected chi connectivity index (χ1v) is 8.21. The summed E-state index contributed by atoms with van der Waals surface area (Å²) >= 11 is 1.28. The van der Waals surface area contributed by atoms with Crippen LogP contribution < -0.4 is 5.32 Å². The number of rotatable bonds is 5. The fourth-order valence-corrected chi connectivity index (χ4v) is 2.98. The molecule has 0 aliphatic heterocycles. The van der Waals surface area contributed by atoms with E-state index < -0.39 is 22.4 Å². The number of aromatic nitrogens is 1. The summed E-state index contributed by atoms with van der Waals surface area (Å²) in [6.07, 6.45) is 0. The number of nitro benzene ring substituents is 1. The molecule has 0 radical (unpaired) electrons. The summed E-state index contributed by atoms with van der Waals surface area (Å²) in [5.74, 6) is -1.35. The Kier molecular flexibility index (Phi) is 4.90. The van der Waals surface area contributed by atoms with E-state index in [9.17, 15) is 19.3 Å². The van der Waals surface area contributed by atoms with Gasteiger partial charge in [0.05, 0.1) is 23.3 Å². The van der Waals surface area contributed by atoms with Gasteiger partial charge in [-0.15, -0.1) is 11.3 Å². The number of esters is 1. The van der Waals surface area contributed by atoms with Gasteiger partial charge >= 0.3 is 11.7 Å². The second kappa shape index (κ2) is 7.28. The maximum Gasteiger partial charge on any atom is 0.337 e. The van der Waals surface area contributed by atoms with E-state index in [1.54, 1.807) is 29.6 Å². The lowest BCUT2D eigenvalue weighted by molar-refractivity contribution is -0.387. The molecular weight excluding hydrogens is 361 g/mol. The molecule has 0 spiro atoms. The summed E-state index contributed by atoms with van der Waals surface area (Å²) in [7, 11) is 1.30. The molecule has 1 aromatic heterocycles. The van der Waals surface area contributed by atoms with Crippen molar-refractivity contribution in [2.45, 2.75) is 0 Å². The van der Waals surface area contributed by atoms with Crippen molar-refractivity contribution >= 4 is 33.8 Å². The molecule has 1 N–H and O–H groups in total. The average Bonchev–Trinajstić information content (AvgIpc) is 3.09. The highest BCUT2D eigenvalue weighted by Gasteiger charge is 2.16. The second-order valence-corrected chi connectivity index (χ2v) is 6.02. The number of halogens is 1. The Hall–Kier alpha value is -3.33. The fraction of sp³-hybridized carbons (Fsp3) is 0.0588. The molecule has 0 aliphatic carbocycles. The minimum absolute atomic E-state index is 0.392. The van der Waals surface area contributed by atoms with E-state index in [1.807, 2.05) is 0 Å². The third-order valence-electron chi connectivity index (χ3n) is 3.48. The third-order valence-corrected chi connectivity index (χ3v) is 4.24. The molecule has 0 amide bonds. The van der Waals surface area contributed by atoms with Crippen LogP contribution in [0.4, 0.5) is 20.9 Å². The molecule has 0 aliphatic rings. The summed E-state index contributed by atoms with van der Waals surface area (Å²) in [6, 6.07) is 10.3. The van der Waals surface area contributed by atoms with Gasteiger partial charge in [-0.2, -0.15) is 4.39 Å². The Morgan fingerprint density at radius 2 is 2.12 bits per heavy atom. The standard InChI is InChI=1S/C17H12FN3O4S/c1-25-16(22)11-3-2-4-12(7-11)19-17-20-14(9-26-17)10-5-6-13(18)15(8-10)21(23)24/h2-9H,1H3,(H,19,20). The lowest BCUT2D eigenvalue weighted by atomic mass is 10.1. The SMILES string of the molecule is COC(=O)c1cccc(Nc2nc(-c3ccc(F)c([N+](=O)[O-])c3)cs2)c1. The maximum atomic E-state index is 13.5. The van der Waals surface area contributed by atoms with E-state index in [-0.39, 0.29) is 0 Å². The van der Waals surface area contributed by atoms with E-state index in [0.29, 0.717) is 27.6 Å². The van der Waals surface area contributed by atoms with Crippen molar-refractivity contribution in [3.05, 3.63) is 69.3 Å². The predicted molar refractivity (Wildman–Crippen MR) is 95.2 cm³/mol. The minimum Gasteiger partial charge on any atom is -0.465 e. The minimum atomic E-state index is -0.896. The van der Waals surface area contributed by atoms with Crippen LogP contribution in [-0.4, -0.2) is 23.0 Å². The highest BCUT2D eigenvalue weighted by Crippen LogP contribution is 2.30. The summed E-state index contributed by atoms with van der Waals surface area (Å²) < 4.78 is 18.1. The molecule has 0 unspecified atom stereocenters. The zero-order chi connectivity index (χ0) is 18.7. The van der Waals surface area contributed by atoms with Crippen molar-refractivity contribution in [2.75, 3.05) is 12.4 Å². The van der Waals surface area contributed by atoms with Crippen molar-refractivity contribution in [3.8, 4) is 11.3 Å². The third kappa shape index (κ3) is 3.67. The zero-order valence-corrected chi connectivity index (χ0v) is 14.2. The zero-order valence-electron chi connectivity index (χ0n) is 13.4. The normalized spacial score (nSPS) is 10.4. The van der Waals surface area contributed by atoms with Gasteiger partial charge < -0.3 is 10.1 Å². The van der Waals surface area contributed by atoms with Gasteiger partial charge in [0.1, 0.15) is 0 Å². The predicted octanol–water partition coefficient (Wildman–Crippen LogP) is 4.39. The summed E-state index contributed by atoms with van der Waals surface area (Å²) in [5, 5.41) is 16.1. The smallest absolute Gasteiger partial charge is 0.337 e. The van der Waals surface area contributed by atoms with Crippen molar-refractivity contribution < 1.29 is 18.8 Å². The van der Waals surface area contributed by atoms with Gasteiger partial charge in [-0.05, 0) is 30.3 Å². The van der Waals surface area contributed by atoms with Gasteiger partial charge in [0.2, 0.25) is 5.82 Å². The highest BCUT2D eigenvalue weighted by atomic mass is 32.1. The Morgan fingerprint density at radius 1 is 1.31 bits per heavy atom. The number of nitrogens with zero attached hydrogens (tertiary/aromatic N) is 2. The molecule has 9 heteroatoms. The van der Waals surface area contributed by atoms with Crippen LogP contribution in [0.1, 0.15) is 10.4 Å². The second-order valence-electron chi connectivity index (χ2n) is 5.16. The lowest BCUT2D eigenvalue weighted by Gasteiger charge is -2.04. The molecular formula is C17H12FN3O4S. The number of carbonyl (C=O) groups excluding carboxylic acids is 1. The number of nitro groups is 1. The number of thiazole rings is 1. The Morgan fingerprint density at radius 3 is 2.85 bits per heavy atom. The van der Waals surface area contributed by atoms with Crippen LogP contribution in [0.15, 0.2) is 47.8 Å². The van der Waals surface area contributed by atoms with Gasteiger partial charge in [-0.3, -0.25) is 10.1 Å². The van der Waals surface area contributed by atoms with Gasteiger partial charge in [0.15, 0.2) is 5.13 Å². The Balaban J connectivity index is 1.84. The first-order chi connectivity index (χ1) is 12.5. The van der Waals surface area contributed by atoms with Gasteiger partial charge in [0, 0.05) is 22.7 Å². The molecule has 0 fully saturated rings. The monoisotopic (exact) mass is 373 g/mol. The maximum absolute atomic E-state index is 13.5. The number of methoxy groups -OCH3 is 1. The molecule has 3 rings (SSSR count). The first kappa shape index (κ1) is 17.5. The molecule has 132 valence electrons. The van der Waals surface area contributed by atoms with Crippen molar-refractivity contribution in [2.24, 2.45) is 0 Å². The Labute approximate surface area is 151 Å². The number of carbonyl (C=O) groups is 1.